The van der Waals surface area contributed by atoms with Crippen LogP contribution in [0, 0.1) is 11.3 Å². The summed E-state index contributed by atoms with van der Waals surface area (Å²) in [6.45, 7) is 0. The third kappa shape index (κ3) is 4.14. The second-order valence-corrected chi connectivity index (χ2v) is 4.63. The highest BCUT2D eigenvalue weighted by Gasteiger charge is 2.30. The Bertz CT molecular complexity index is 675. The molecule has 2 aromatic carbocycles. The molecule has 0 heterocycles. The summed E-state index contributed by atoms with van der Waals surface area (Å²) in [7, 11) is 0. The molecule has 0 radical (unpaired) electrons. The Kier molecular flexibility index (Phi) is 4.39. The first-order chi connectivity index (χ1) is 9.89. The van der Waals surface area contributed by atoms with Gasteiger partial charge in [-0.2, -0.15) is 5.26 Å². The van der Waals surface area contributed by atoms with Gasteiger partial charge in [-0.25, -0.2) is 0 Å². The zero-order chi connectivity index (χ0) is 15.5. The fourth-order valence-electron chi connectivity index (χ4n) is 1.83. The van der Waals surface area contributed by atoms with E-state index in [1.807, 2.05) is 6.07 Å². The van der Waals surface area contributed by atoms with Gasteiger partial charge in [0.2, 0.25) is 0 Å². The Morgan fingerprint density at radius 3 is 2.33 bits per heavy atom. The van der Waals surface area contributed by atoms with E-state index < -0.39 is 6.36 Å². The van der Waals surface area contributed by atoms with Crippen molar-refractivity contribution in [2.45, 2.75) is 12.8 Å². The van der Waals surface area contributed by atoms with Crippen molar-refractivity contribution in [3.05, 3.63) is 53.1 Å². The van der Waals surface area contributed by atoms with Crippen molar-refractivity contribution in [1.82, 2.24) is 0 Å². The van der Waals surface area contributed by atoms with Crippen LogP contribution in [-0.4, -0.2) is 6.36 Å². The molecule has 6 heteroatoms. The lowest BCUT2D eigenvalue weighted by Crippen LogP contribution is -2.16. The SMILES string of the molecule is N#CCc1ccc(Cl)c(-c2ccc(OC(F)(F)F)cc2)c1. The van der Waals surface area contributed by atoms with Gasteiger partial charge >= 0.3 is 6.36 Å². The summed E-state index contributed by atoms with van der Waals surface area (Å²) in [5, 5.41) is 9.15. The third-order valence-electron chi connectivity index (χ3n) is 2.71. The molecule has 0 spiro atoms. The first-order valence-electron chi connectivity index (χ1n) is 5.90. The lowest BCUT2D eigenvalue weighted by Gasteiger charge is -2.10. The maximum absolute atomic E-state index is 12.1. The molecule has 2 nitrogen and oxygen atoms in total. The van der Waals surface area contributed by atoms with Crippen molar-refractivity contribution in [2.75, 3.05) is 0 Å². The van der Waals surface area contributed by atoms with Crippen molar-refractivity contribution in [3.8, 4) is 22.9 Å². The molecule has 0 aliphatic rings. The summed E-state index contributed by atoms with van der Waals surface area (Å²) in [6.07, 6.45) is -4.48. The van der Waals surface area contributed by atoms with Crippen LogP contribution in [0.15, 0.2) is 42.5 Å². The standard InChI is InChI=1S/C15H9ClF3NO/c16-14-6-1-10(7-8-20)9-13(14)11-2-4-12(5-3-11)21-15(17,18)19/h1-6,9H,7H2. The normalized spacial score (nSPS) is 11.0. The van der Waals surface area contributed by atoms with E-state index in [-0.39, 0.29) is 12.2 Å². The quantitative estimate of drug-likeness (QED) is 0.801. The number of nitrogens with zero attached hydrogens (tertiary/aromatic N) is 1. The van der Waals surface area contributed by atoms with Crippen molar-refractivity contribution in [1.29, 1.82) is 5.26 Å². The summed E-state index contributed by atoms with van der Waals surface area (Å²) in [5.74, 6) is -0.296. The van der Waals surface area contributed by atoms with Crippen LogP contribution in [0.1, 0.15) is 5.56 Å². The highest BCUT2D eigenvalue weighted by atomic mass is 35.5. The van der Waals surface area contributed by atoms with E-state index in [4.69, 9.17) is 16.9 Å². The van der Waals surface area contributed by atoms with Gasteiger partial charge in [-0.1, -0.05) is 29.8 Å². The maximum atomic E-state index is 12.1. The van der Waals surface area contributed by atoms with E-state index in [1.165, 1.54) is 24.3 Å². The number of halogens is 4. The molecular weight excluding hydrogens is 303 g/mol. The average molecular weight is 312 g/mol. The van der Waals surface area contributed by atoms with Gasteiger partial charge in [-0.05, 0) is 35.4 Å². The zero-order valence-corrected chi connectivity index (χ0v) is 11.4. The van der Waals surface area contributed by atoms with Crippen molar-refractivity contribution in [2.24, 2.45) is 0 Å². The van der Waals surface area contributed by atoms with Gasteiger partial charge in [0.05, 0.1) is 12.5 Å². The molecule has 0 unspecified atom stereocenters. The minimum atomic E-state index is -4.72. The molecular formula is C15H9ClF3NO. The van der Waals surface area contributed by atoms with Crippen LogP contribution in [0.5, 0.6) is 5.75 Å². The number of alkyl halides is 3. The largest absolute Gasteiger partial charge is 0.573 e. The molecule has 0 atom stereocenters. The average Bonchev–Trinajstić information content (AvgIpc) is 2.40. The number of hydrogen-bond donors (Lipinski definition) is 0. The number of ether oxygens (including phenoxy) is 1. The van der Waals surface area contributed by atoms with Crippen LogP contribution in [-0.2, 0) is 6.42 Å². The minimum Gasteiger partial charge on any atom is -0.406 e. The van der Waals surface area contributed by atoms with Crippen LogP contribution in [0.4, 0.5) is 13.2 Å². The predicted molar refractivity (Wildman–Crippen MR) is 72.9 cm³/mol. The van der Waals surface area contributed by atoms with Gasteiger partial charge in [0.15, 0.2) is 0 Å². The Morgan fingerprint density at radius 1 is 1.10 bits per heavy atom. The van der Waals surface area contributed by atoms with Crippen molar-refractivity contribution >= 4 is 11.6 Å². The van der Waals surface area contributed by atoms with Gasteiger partial charge in [-0.15, -0.1) is 13.2 Å². The molecule has 21 heavy (non-hydrogen) atoms. The molecule has 108 valence electrons. The summed E-state index contributed by atoms with van der Waals surface area (Å²) in [4.78, 5) is 0. The Labute approximate surface area is 124 Å². The van der Waals surface area contributed by atoms with E-state index in [9.17, 15) is 13.2 Å². The summed E-state index contributed by atoms with van der Waals surface area (Å²) < 4.78 is 40.1. The summed E-state index contributed by atoms with van der Waals surface area (Å²) >= 11 is 6.08. The highest BCUT2D eigenvalue weighted by molar-refractivity contribution is 6.33. The Morgan fingerprint density at radius 2 is 1.76 bits per heavy atom. The van der Waals surface area contributed by atoms with E-state index in [0.29, 0.717) is 16.1 Å². The molecule has 0 bridgehead atoms. The fourth-order valence-corrected chi connectivity index (χ4v) is 2.06. The van der Waals surface area contributed by atoms with E-state index in [0.717, 1.165) is 5.56 Å². The van der Waals surface area contributed by atoms with Crippen LogP contribution in [0.2, 0.25) is 5.02 Å². The highest BCUT2D eigenvalue weighted by Crippen LogP contribution is 2.31. The Hall–Kier alpha value is -2.19. The molecule has 0 fully saturated rings. The number of benzene rings is 2. The topological polar surface area (TPSA) is 33.0 Å². The molecule has 0 saturated carbocycles. The molecule has 2 rings (SSSR count). The molecule has 0 saturated heterocycles. The second-order valence-electron chi connectivity index (χ2n) is 4.22. The molecule has 0 aliphatic heterocycles. The predicted octanol–water partition coefficient (Wildman–Crippen LogP) is 4.97. The lowest BCUT2D eigenvalue weighted by molar-refractivity contribution is -0.274. The van der Waals surface area contributed by atoms with Gasteiger partial charge < -0.3 is 4.74 Å². The third-order valence-corrected chi connectivity index (χ3v) is 3.04. The van der Waals surface area contributed by atoms with Crippen LogP contribution in [0.3, 0.4) is 0 Å². The summed E-state index contributed by atoms with van der Waals surface area (Å²) in [5.41, 5.74) is 2.09. The number of hydrogen-bond acceptors (Lipinski definition) is 2. The number of nitriles is 1. The van der Waals surface area contributed by atoms with Crippen LogP contribution in [0.25, 0.3) is 11.1 Å². The monoisotopic (exact) mass is 311 g/mol. The van der Waals surface area contributed by atoms with E-state index in [1.54, 1.807) is 18.2 Å². The van der Waals surface area contributed by atoms with Crippen LogP contribution >= 0.6 is 11.6 Å². The molecule has 2 aromatic rings. The minimum absolute atomic E-state index is 0.236. The summed E-state index contributed by atoms with van der Waals surface area (Å²) in [6, 6.07) is 12.6. The van der Waals surface area contributed by atoms with Gasteiger partial charge in [0.25, 0.3) is 0 Å². The smallest absolute Gasteiger partial charge is 0.406 e. The van der Waals surface area contributed by atoms with Crippen molar-refractivity contribution in [3.63, 3.8) is 0 Å². The first kappa shape index (κ1) is 15.2. The maximum Gasteiger partial charge on any atom is 0.573 e. The Balaban J connectivity index is 2.30. The van der Waals surface area contributed by atoms with Gasteiger partial charge in [0.1, 0.15) is 5.75 Å². The molecule has 0 N–H and O–H groups in total. The molecule has 0 amide bonds. The lowest BCUT2D eigenvalue weighted by atomic mass is 10.0. The number of rotatable bonds is 3. The second kappa shape index (κ2) is 6.06. The van der Waals surface area contributed by atoms with Crippen LogP contribution < -0.4 is 4.74 Å². The zero-order valence-electron chi connectivity index (χ0n) is 10.6. The van der Waals surface area contributed by atoms with Crippen molar-refractivity contribution < 1.29 is 17.9 Å². The van der Waals surface area contributed by atoms with Gasteiger partial charge in [0, 0.05) is 10.6 Å². The van der Waals surface area contributed by atoms with E-state index >= 15 is 0 Å². The molecule has 0 aromatic heterocycles. The fraction of sp³-hybridized carbons (Fsp3) is 0.133. The first-order valence-corrected chi connectivity index (χ1v) is 6.28. The molecule has 0 aliphatic carbocycles. The van der Waals surface area contributed by atoms with Gasteiger partial charge in [-0.3, -0.25) is 0 Å². The van der Waals surface area contributed by atoms with E-state index in [2.05, 4.69) is 4.74 Å².